The fourth-order valence-electron chi connectivity index (χ4n) is 3.29. The highest BCUT2D eigenvalue weighted by Gasteiger charge is 2.36. The molecule has 0 rings (SSSR count). The molecule has 0 heterocycles. The lowest BCUT2D eigenvalue weighted by Gasteiger charge is -2.43. The Balaban J connectivity index is 5.17. The van der Waals surface area contributed by atoms with Crippen LogP contribution in [0.4, 0.5) is 0 Å². The first-order valence-electron chi connectivity index (χ1n) is 7.15. The second-order valence-electron chi connectivity index (χ2n) is 6.49. The van der Waals surface area contributed by atoms with Crippen molar-refractivity contribution in [2.75, 3.05) is 6.54 Å². The topological polar surface area (TPSA) is 26.0 Å². The Kier molecular flexibility index (Phi) is 7.08. The summed E-state index contributed by atoms with van der Waals surface area (Å²) in [6.07, 6.45) is 4.53. The smallest absolute Gasteiger partial charge is 0.00432 e. The molecule has 0 fully saturated rings. The van der Waals surface area contributed by atoms with Gasteiger partial charge in [-0.3, -0.25) is 0 Å². The first-order chi connectivity index (χ1) is 7.83. The third kappa shape index (κ3) is 4.46. The van der Waals surface area contributed by atoms with E-state index in [9.17, 15) is 0 Å². The van der Waals surface area contributed by atoms with Gasteiger partial charge in [-0.1, -0.05) is 60.5 Å². The molecule has 0 aliphatic heterocycles. The fourth-order valence-corrected chi connectivity index (χ4v) is 3.29. The highest BCUT2D eigenvalue weighted by atomic mass is 14.6. The highest BCUT2D eigenvalue weighted by Crippen LogP contribution is 2.43. The van der Waals surface area contributed by atoms with Gasteiger partial charge < -0.3 is 5.73 Å². The summed E-state index contributed by atoms with van der Waals surface area (Å²) >= 11 is 0. The maximum atomic E-state index is 5.93. The van der Waals surface area contributed by atoms with Crippen molar-refractivity contribution in [1.29, 1.82) is 0 Å². The fraction of sp³-hybridized carbons (Fsp3) is 0.875. The molecule has 0 aromatic rings. The molecule has 4 unspecified atom stereocenters. The summed E-state index contributed by atoms with van der Waals surface area (Å²) in [4.78, 5) is 0. The van der Waals surface area contributed by atoms with Gasteiger partial charge in [0.1, 0.15) is 0 Å². The summed E-state index contributed by atoms with van der Waals surface area (Å²) in [5.41, 5.74) is 6.25. The summed E-state index contributed by atoms with van der Waals surface area (Å²) in [7, 11) is 0. The van der Waals surface area contributed by atoms with Crippen LogP contribution in [0.25, 0.3) is 0 Å². The molecule has 102 valence electrons. The van der Waals surface area contributed by atoms with Crippen molar-refractivity contribution in [3.8, 4) is 0 Å². The van der Waals surface area contributed by atoms with E-state index >= 15 is 0 Å². The van der Waals surface area contributed by atoms with Crippen LogP contribution in [0.3, 0.4) is 0 Å². The molecular formula is C16H33N. The van der Waals surface area contributed by atoms with Gasteiger partial charge in [-0.2, -0.15) is 0 Å². The lowest BCUT2D eigenvalue weighted by Crippen LogP contribution is -2.38. The molecule has 17 heavy (non-hydrogen) atoms. The Morgan fingerprint density at radius 1 is 1.18 bits per heavy atom. The number of nitrogens with two attached hydrogens (primary N) is 1. The van der Waals surface area contributed by atoms with E-state index in [1.165, 1.54) is 6.42 Å². The average Bonchev–Trinajstić information content (AvgIpc) is 2.26. The molecule has 0 radical (unpaired) electrons. The molecule has 0 aromatic carbocycles. The van der Waals surface area contributed by atoms with Crippen molar-refractivity contribution in [2.45, 2.75) is 54.4 Å². The van der Waals surface area contributed by atoms with E-state index in [2.05, 4.69) is 54.2 Å². The second-order valence-corrected chi connectivity index (χ2v) is 6.49. The van der Waals surface area contributed by atoms with Gasteiger partial charge in [0.15, 0.2) is 0 Å². The molecule has 0 spiro atoms. The summed E-state index contributed by atoms with van der Waals surface area (Å²) in [6, 6.07) is 0. The predicted molar refractivity (Wildman–Crippen MR) is 78.9 cm³/mol. The maximum Gasteiger partial charge on any atom is -0.00432 e. The van der Waals surface area contributed by atoms with Crippen LogP contribution in [0.5, 0.6) is 0 Å². The van der Waals surface area contributed by atoms with Crippen molar-refractivity contribution in [3.63, 3.8) is 0 Å². The minimum Gasteiger partial charge on any atom is -0.330 e. The second kappa shape index (κ2) is 7.20. The van der Waals surface area contributed by atoms with Gasteiger partial charge in [-0.05, 0) is 35.6 Å². The van der Waals surface area contributed by atoms with Crippen molar-refractivity contribution < 1.29 is 0 Å². The Morgan fingerprint density at radius 3 is 1.94 bits per heavy atom. The van der Waals surface area contributed by atoms with Crippen LogP contribution in [0.15, 0.2) is 12.7 Å². The van der Waals surface area contributed by atoms with E-state index in [4.69, 9.17) is 5.73 Å². The van der Waals surface area contributed by atoms with Crippen LogP contribution >= 0.6 is 0 Å². The van der Waals surface area contributed by atoms with Crippen molar-refractivity contribution in [3.05, 3.63) is 12.7 Å². The van der Waals surface area contributed by atoms with Crippen LogP contribution in [-0.2, 0) is 0 Å². The van der Waals surface area contributed by atoms with E-state index < -0.39 is 0 Å². The van der Waals surface area contributed by atoms with Gasteiger partial charge in [-0.15, -0.1) is 6.58 Å². The van der Waals surface area contributed by atoms with Gasteiger partial charge in [0.25, 0.3) is 0 Å². The molecular weight excluding hydrogens is 206 g/mol. The van der Waals surface area contributed by atoms with Crippen LogP contribution in [0.1, 0.15) is 54.4 Å². The van der Waals surface area contributed by atoms with Gasteiger partial charge in [-0.25, -0.2) is 0 Å². The zero-order chi connectivity index (χ0) is 13.6. The Hall–Kier alpha value is -0.300. The summed E-state index contributed by atoms with van der Waals surface area (Å²) in [6.45, 7) is 18.8. The lowest BCUT2D eigenvalue weighted by atomic mass is 9.63. The van der Waals surface area contributed by atoms with Crippen LogP contribution in [0.2, 0.25) is 0 Å². The number of allylic oxidation sites excluding steroid dienone is 1. The van der Waals surface area contributed by atoms with E-state index in [1.54, 1.807) is 0 Å². The minimum absolute atomic E-state index is 0.316. The number of hydrogen-bond acceptors (Lipinski definition) is 1. The SMILES string of the molecule is C=CC(C(CC)CN)C(C(C)CC)C(C)(C)C. The third-order valence-electron chi connectivity index (χ3n) is 4.32. The number of rotatable bonds is 7. The zero-order valence-corrected chi connectivity index (χ0v) is 12.8. The van der Waals surface area contributed by atoms with Crippen molar-refractivity contribution in [1.82, 2.24) is 0 Å². The van der Waals surface area contributed by atoms with Crippen molar-refractivity contribution in [2.24, 2.45) is 34.8 Å². The van der Waals surface area contributed by atoms with E-state index in [1.807, 2.05) is 0 Å². The van der Waals surface area contributed by atoms with Gasteiger partial charge >= 0.3 is 0 Å². The molecule has 2 N–H and O–H groups in total. The summed E-state index contributed by atoms with van der Waals surface area (Å²) in [5, 5.41) is 0. The molecule has 0 amide bonds. The minimum atomic E-state index is 0.316. The average molecular weight is 239 g/mol. The van der Waals surface area contributed by atoms with E-state index in [0.717, 1.165) is 18.9 Å². The summed E-state index contributed by atoms with van der Waals surface area (Å²) in [5.74, 6) is 2.50. The lowest BCUT2D eigenvalue weighted by molar-refractivity contribution is 0.0852. The Bertz CT molecular complexity index is 210. The van der Waals surface area contributed by atoms with Crippen molar-refractivity contribution >= 4 is 0 Å². The quantitative estimate of drug-likeness (QED) is 0.651. The normalized spacial score (nSPS) is 19.5. The molecule has 0 saturated heterocycles. The van der Waals surface area contributed by atoms with Crippen LogP contribution in [0, 0.1) is 29.1 Å². The molecule has 0 aromatic heterocycles. The first-order valence-corrected chi connectivity index (χ1v) is 7.15. The molecule has 1 heteroatoms. The first kappa shape index (κ1) is 16.7. The summed E-state index contributed by atoms with van der Waals surface area (Å²) < 4.78 is 0. The number of hydrogen-bond donors (Lipinski definition) is 1. The standard InChI is InChI=1S/C16H33N/c1-8-12(4)15(16(5,6)7)14(10-3)13(9-2)11-17/h10,12-15H,3,8-9,11,17H2,1-2,4-7H3. The third-order valence-corrected chi connectivity index (χ3v) is 4.32. The highest BCUT2D eigenvalue weighted by molar-refractivity contribution is 4.95. The largest absolute Gasteiger partial charge is 0.330 e. The maximum absolute atomic E-state index is 5.93. The van der Waals surface area contributed by atoms with E-state index in [-0.39, 0.29) is 0 Å². The van der Waals surface area contributed by atoms with Gasteiger partial charge in [0.2, 0.25) is 0 Å². The molecule has 1 nitrogen and oxygen atoms in total. The van der Waals surface area contributed by atoms with Crippen LogP contribution < -0.4 is 5.73 Å². The molecule has 0 bridgehead atoms. The monoisotopic (exact) mass is 239 g/mol. The van der Waals surface area contributed by atoms with Gasteiger partial charge in [0, 0.05) is 0 Å². The molecule has 0 saturated carbocycles. The zero-order valence-electron chi connectivity index (χ0n) is 12.8. The Labute approximate surface area is 109 Å². The van der Waals surface area contributed by atoms with Crippen LogP contribution in [-0.4, -0.2) is 6.54 Å². The Morgan fingerprint density at radius 2 is 1.71 bits per heavy atom. The van der Waals surface area contributed by atoms with E-state index in [0.29, 0.717) is 23.2 Å². The van der Waals surface area contributed by atoms with Gasteiger partial charge in [0.05, 0.1) is 0 Å². The predicted octanol–water partition coefficient (Wildman–Crippen LogP) is 4.48. The molecule has 0 aliphatic rings. The molecule has 0 aliphatic carbocycles. The molecule has 4 atom stereocenters.